The molecule has 2 fully saturated rings. The van der Waals surface area contributed by atoms with E-state index in [1.165, 1.54) is 6.07 Å². The van der Waals surface area contributed by atoms with E-state index >= 15 is 0 Å². The molecule has 2 saturated heterocycles. The van der Waals surface area contributed by atoms with Gasteiger partial charge in [0.1, 0.15) is 11.6 Å². The van der Waals surface area contributed by atoms with Crippen LogP contribution in [0.2, 0.25) is 0 Å². The number of aliphatic hydroxyl groups is 1. The highest BCUT2D eigenvalue weighted by Gasteiger charge is 2.43. The van der Waals surface area contributed by atoms with E-state index in [-0.39, 0.29) is 29.7 Å². The Kier molecular flexibility index (Phi) is 3.33. The molecule has 2 aliphatic rings. The van der Waals surface area contributed by atoms with Gasteiger partial charge in [0, 0.05) is 19.1 Å². The number of carbonyl (C=O) groups is 1. The zero-order valence-electron chi connectivity index (χ0n) is 11.3. The first-order chi connectivity index (χ1) is 9.60. The molecule has 2 N–H and O–H groups in total. The van der Waals surface area contributed by atoms with Crippen molar-refractivity contribution < 1.29 is 14.3 Å². The molecule has 20 heavy (non-hydrogen) atoms. The van der Waals surface area contributed by atoms with Crippen LogP contribution >= 0.6 is 0 Å². The number of amides is 1. The molecule has 2 aliphatic heterocycles. The number of aliphatic hydroxyl groups excluding tert-OH is 1. The molecule has 2 unspecified atom stereocenters. The van der Waals surface area contributed by atoms with Crippen molar-refractivity contribution in [2.24, 2.45) is 0 Å². The zero-order chi connectivity index (χ0) is 14.3. The molecular formula is C14H18FN3O2. The number of pyridine rings is 1. The number of rotatable bonds is 2. The fraction of sp³-hybridized carbons (Fsp3) is 0.571. The van der Waals surface area contributed by atoms with Crippen LogP contribution in [0.3, 0.4) is 0 Å². The molecule has 0 aliphatic carbocycles. The van der Waals surface area contributed by atoms with Crippen LogP contribution in [0.5, 0.6) is 0 Å². The minimum absolute atomic E-state index is 0.0595. The van der Waals surface area contributed by atoms with Crippen molar-refractivity contribution in [1.29, 1.82) is 0 Å². The van der Waals surface area contributed by atoms with Crippen molar-refractivity contribution in [1.82, 2.24) is 9.88 Å². The average Bonchev–Trinajstić information content (AvgIpc) is 2.70. The van der Waals surface area contributed by atoms with Crippen LogP contribution in [-0.2, 0) is 0 Å². The van der Waals surface area contributed by atoms with Gasteiger partial charge in [0.05, 0.1) is 17.9 Å². The Bertz CT molecular complexity index is 523. The second-order valence-corrected chi connectivity index (χ2v) is 5.52. The van der Waals surface area contributed by atoms with Crippen molar-refractivity contribution in [2.75, 3.05) is 12.4 Å². The summed E-state index contributed by atoms with van der Waals surface area (Å²) in [5.41, 5.74) is 0.265. The maximum absolute atomic E-state index is 13.4. The average molecular weight is 279 g/mol. The Labute approximate surface area is 116 Å². The van der Waals surface area contributed by atoms with Gasteiger partial charge in [-0.2, -0.15) is 0 Å². The second-order valence-electron chi connectivity index (χ2n) is 5.52. The van der Waals surface area contributed by atoms with Crippen LogP contribution in [0.25, 0.3) is 0 Å². The fourth-order valence-corrected chi connectivity index (χ4v) is 3.42. The van der Waals surface area contributed by atoms with E-state index in [2.05, 4.69) is 10.3 Å². The Balaban J connectivity index is 1.92. The van der Waals surface area contributed by atoms with Gasteiger partial charge in [0.15, 0.2) is 0 Å². The van der Waals surface area contributed by atoms with Crippen LogP contribution in [0.4, 0.5) is 10.2 Å². The summed E-state index contributed by atoms with van der Waals surface area (Å²) < 4.78 is 13.4. The number of anilines is 1. The largest absolute Gasteiger partial charge is 0.393 e. The van der Waals surface area contributed by atoms with E-state index in [1.54, 1.807) is 7.05 Å². The van der Waals surface area contributed by atoms with E-state index in [0.29, 0.717) is 18.7 Å². The third-order valence-corrected chi connectivity index (χ3v) is 4.26. The highest BCUT2D eigenvalue weighted by Crippen LogP contribution is 2.37. The molecule has 108 valence electrons. The summed E-state index contributed by atoms with van der Waals surface area (Å²) in [5, 5.41) is 12.6. The Morgan fingerprint density at radius 3 is 2.70 bits per heavy atom. The predicted molar refractivity (Wildman–Crippen MR) is 72.0 cm³/mol. The standard InChI is InChI=1S/C14H18FN3O2/c1-16-13-12(4-8(15)7-17-13)14(20)18-9-2-3-10(18)6-11(19)5-9/h4,7,9-11,19H,2-3,5-6H2,1H3,(H,16,17). The van der Waals surface area contributed by atoms with Gasteiger partial charge in [0.2, 0.25) is 0 Å². The fourth-order valence-electron chi connectivity index (χ4n) is 3.42. The highest BCUT2D eigenvalue weighted by molar-refractivity contribution is 5.99. The number of nitrogens with zero attached hydrogens (tertiary/aromatic N) is 2. The Morgan fingerprint density at radius 2 is 2.10 bits per heavy atom. The maximum atomic E-state index is 13.4. The number of hydrogen-bond acceptors (Lipinski definition) is 4. The smallest absolute Gasteiger partial charge is 0.258 e. The van der Waals surface area contributed by atoms with Crippen LogP contribution in [-0.4, -0.2) is 46.1 Å². The van der Waals surface area contributed by atoms with Gasteiger partial charge >= 0.3 is 0 Å². The highest BCUT2D eigenvalue weighted by atomic mass is 19.1. The lowest BCUT2D eigenvalue weighted by Gasteiger charge is -2.37. The van der Waals surface area contributed by atoms with E-state index in [0.717, 1.165) is 19.0 Å². The van der Waals surface area contributed by atoms with Crippen molar-refractivity contribution in [2.45, 2.75) is 43.9 Å². The topological polar surface area (TPSA) is 65.5 Å². The number of aromatic nitrogens is 1. The summed E-state index contributed by atoms with van der Waals surface area (Å²) in [6, 6.07) is 1.35. The van der Waals surface area contributed by atoms with Crippen LogP contribution in [0.1, 0.15) is 36.0 Å². The summed E-state index contributed by atoms with van der Waals surface area (Å²) in [4.78, 5) is 18.4. The van der Waals surface area contributed by atoms with Gasteiger partial charge in [-0.05, 0) is 31.7 Å². The number of halogens is 1. The molecule has 0 aromatic carbocycles. The number of carbonyl (C=O) groups excluding carboxylic acids is 1. The van der Waals surface area contributed by atoms with Gasteiger partial charge in [-0.3, -0.25) is 4.79 Å². The number of nitrogens with one attached hydrogen (secondary N) is 1. The molecular weight excluding hydrogens is 261 g/mol. The van der Waals surface area contributed by atoms with Crippen LogP contribution < -0.4 is 5.32 Å². The SMILES string of the molecule is CNc1ncc(F)cc1C(=O)N1C2CCC1CC(O)C2. The molecule has 0 spiro atoms. The van der Waals surface area contributed by atoms with Crippen molar-refractivity contribution in [3.8, 4) is 0 Å². The molecule has 3 heterocycles. The molecule has 2 bridgehead atoms. The van der Waals surface area contributed by atoms with Gasteiger partial charge in [0.25, 0.3) is 5.91 Å². The molecule has 6 heteroatoms. The monoisotopic (exact) mass is 279 g/mol. The molecule has 3 rings (SSSR count). The number of hydrogen-bond donors (Lipinski definition) is 2. The van der Waals surface area contributed by atoms with Gasteiger partial charge in [-0.15, -0.1) is 0 Å². The van der Waals surface area contributed by atoms with Gasteiger partial charge in [-0.1, -0.05) is 0 Å². The Morgan fingerprint density at radius 1 is 1.45 bits per heavy atom. The maximum Gasteiger partial charge on any atom is 0.258 e. The number of piperidine rings is 1. The van der Waals surface area contributed by atoms with Gasteiger partial charge in [-0.25, -0.2) is 9.37 Å². The van der Waals surface area contributed by atoms with Crippen LogP contribution in [0, 0.1) is 5.82 Å². The van der Waals surface area contributed by atoms with Crippen molar-refractivity contribution in [3.63, 3.8) is 0 Å². The molecule has 1 aromatic heterocycles. The molecule has 1 aromatic rings. The number of fused-ring (bicyclic) bond motifs is 2. The van der Waals surface area contributed by atoms with Gasteiger partial charge < -0.3 is 15.3 Å². The minimum Gasteiger partial charge on any atom is -0.393 e. The normalized spacial score (nSPS) is 28.6. The first kappa shape index (κ1) is 13.3. The van der Waals surface area contributed by atoms with E-state index < -0.39 is 5.82 Å². The summed E-state index contributed by atoms with van der Waals surface area (Å²) in [7, 11) is 1.66. The van der Waals surface area contributed by atoms with Crippen LogP contribution in [0.15, 0.2) is 12.3 Å². The Hall–Kier alpha value is -1.69. The summed E-state index contributed by atoms with van der Waals surface area (Å²) in [6.07, 6.45) is 3.80. The first-order valence-electron chi connectivity index (χ1n) is 6.94. The first-order valence-corrected chi connectivity index (χ1v) is 6.94. The summed E-state index contributed by atoms with van der Waals surface area (Å²) >= 11 is 0. The molecule has 2 atom stereocenters. The molecule has 1 amide bonds. The summed E-state index contributed by atoms with van der Waals surface area (Å²) in [5.74, 6) is -0.320. The third kappa shape index (κ3) is 2.14. The third-order valence-electron chi connectivity index (χ3n) is 4.26. The predicted octanol–water partition coefficient (Wildman–Crippen LogP) is 1.39. The zero-order valence-corrected chi connectivity index (χ0v) is 11.3. The lowest BCUT2D eigenvalue weighted by atomic mass is 9.99. The van der Waals surface area contributed by atoms with E-state index in [1.807, 2.05) is 4.90 Å². The lowest BCUT2D eigenvalue weighted by Crippen LogP contribution is -2.48. The van der Waals surface area contributed by atoms with Crippen molar-refractivity contribution in [3.05, 3.63) is 23.6 Å². The molecule has 5 nitrogen and oxygen atoms in total. The van der Waals surface area contributed by atoms with E-state index in [4.69, 9.17) is 0 Å². The summed E-state index contributed by atoms with van der Waals surface area (Å²) in [6.45, 7) is 0. The lowest BCUT2D eigenvalue weighted by molar-refractivity contribution is 0.0287. The molecule has 0 radical (unpaired) electrons. The minimum atomic E-state index is -0.517. The molecule has 0 saturated carbocycles. The van der Waals surface area contributed by atoms with E-state index in [9.17, 15) is 14.3 Å². The second kappa shape index (κ2) is 5.01. The quantitative estimate of drug-likeness (QED) is 0.858. The van der Waals surface area contributed by atoms with Crippen molar-refractivity contribution >= 4 is 11.7 Å².